The SMILES string of the molecule is CC(C)CCc1nc2c(-c3ccncc3)cccc2cc1C#N. The summed E-state index contributed by atoms with van der Waals surface area (Å²) in [5.74, 6) is 0.592. The van der Waals surface area contributed by atoms with Crippen molar-refractivity contribution < 1.29 is 0 Å². The molecule has 0 saturated carbocycles. The van der Waals surface area contributed by atoms with Crippen LogP contribution in [0.5, 0.6) is 0 Å². The third-order valence-electron chi connectivity index (χ3n) is 4.00. The monoisotopic (exact) mass is 301 g/mol. The smallest absolute Gasteiger partial charge is 0.101 e. The minimum Gasteiger partial charge on any atom is -0.265 e. The molecule has 3 heteroatoms. The molecule has 0 atom stereocenters. The Morgan fingerprint density at radius 2 is 1.91 bits per heavy atom. The zero-order valence-corrected chi connectivity index (χ0v) is 13.5. The minimum absolute atomic E-state index is 0.592. The third-order valence-corrected chi connectivity index (χ3v) is 4.00. The van der Waals surface area contributed by atoms with Gasteiger partial charge in [0.2, 0.25) is 0 Å². The van der Waals surface area contributed by atoms with Crippen molar-refractivity contribution in [3.8, 4) is 17.2 Å². The van der Waals surface area contributed by atoms with Crippen LogP contribution in [0.25, 0.3) is 22.0 Å². The fraction of sp³-hybridized carbons (Fsp3) is 0.250. The van der Waals surface area contributed by atoms with E-state index in [2.05, 4.69) is 31.0 Å². The molecule has 0 fully saturated rings. The molecule has 0 aliphatic carbocycles. The van der Waals surface area contributed by atoms with Crippen LogP contribution in [0.2, 0.25) is 0 Å². The van der Waals surface area contributed by atoms with Crippen molar-refractivity contribution in [2.75, 3.05) is 0 Å². The van der Waals surface area contributed by atoms with Crippen LogP contribution in [0.4, 0.5) is 0 Å². The van der Waals surface area contributed by atoms with E-state index in [1.165, 1.54) is 0 Å². The second-order valence-corrected chi connectivity index (χ2v) is 6.14. The molecule has 0 N–H and O–H groups in total. The van der Waals surface area contributed by atoms with E-state index in [4.69, 9.17) is 4.98 Å². The first-order valence-corrected chi connectivity index (χ1v) is 7.92. The van der Waals surface area contributed by atoms with Crippen molar-refractivity contribution in [2.45, 2.75) is 26.7 Å². The van der Waals surface area contributed by atoms with Crippen LogP contribution in [0.15, 0.2) is 48.8 Å². The summed E-state index contributed by atoms with van der Waals surface area (Å²) < 4.78 is 0. The second kappa shape index (κ2) is 6.58. The van der Waals surface area contributed by atoms with E-state index in [1.807, 2.05) is 30.3 Å². The van der Waals surface area contributed by atoms with Crippen LogP contribution in [0.1, 0.15) is 31.5 Å². The lowest BCUT2D eigenvalue weighted by Crippen LogP contribution is -2.00. The molecule has 23 heavy (non-hydrogen) atoms. The lowest BCUT2D eigenvalue weighted by Gasteiger charge is -2.11. The number of aromatic nitrogens is 2. The van der Waals surface area contributed by atoms with Gasteiger partial charge in [0, 0.05) is 23.3 Å². The molecular weight excluding hydrogens is 282 g/mol. The van der Waals surface area contributed by atoms with Gasteiger partial charge in [0.15, 0.2) is 0 Å². The van der Waals surface area contributed by atoms with E-state index in [0.29, 0.717) is 11.5 Å². The summed E-state index contributed by atoms with van der Waals surface area (Å²) in [4.78, 5) is 8.93. The summed E-state index contributed by atoms with van der Waals surface area (Å²) in [7, 11) is 0. The Kier molecular flexibility index (Phi) is 4.34. The predicted octanol–water partition coefficient (Wildman–Crippen LogP) is 4.76. The molecule has 1 aromatic carbocycles. The number of rotatable bonds is 4. The molecular formula is C20H19N3. The maximum atomic E-state index is 9.43. The standard InChI is InChI=1S/C20H19N3/c1-14(2)6-7-19-17(13-21)12-16-4-3-5-18(20(16)23-19)15-8-10-22-11-9-15/h3-5,8-12,14H,6-7H2,1-2H3. The van der Waals surface area contributed by atoms with Crippen molar-refractivity contribution in [1.29, 1.82) is 5.26 Å². The number of fused-ring (bicyclic) bond motifs is 1. The molecule has 0 unspecified atom stereocenters. The average Bonchev–Trinajstić information content (AvgIpc) is 2.59. The Bertz CT molecular complexity index is 861. The zero-order chi connectivity index (χ0) is 16.2. The minimum atomic E-state index is 0.592. The number of para-hydroxylation sites is 1. The summed E-state index contributed by atoms with van der Waals surface area (Å²) in [6, 6.07) is 14.3. The number of nitriles is 1. The fourth-order valence-corrected chi connectivity index (χ4v) is 2.71. The van der Waals surface area contributed by atoms with Gasteiger partial charge in [-0.05, 0) is 42.5 Å². The highest BCUT2D eigenvalue weighted by molar-refractivity contribution is 5.94. The van der Waals surface area contributed by atoms with E-state index in [-0.39, 0.29) is 0 Å². The lowest BCUT2D eigenvalue weighted by atomic mass is 9.99. The summed E-state index contributed by atoms with van der Waals surface area (Å²) in [6.07, 6.45) is 5.45. The maximum Gasteiger partial charge on any atom is 0.101 e. The van der Waals surface area contributed by atoms with Crippen LogP contribution >= 0.6 is 0 Å². The van der Waals surface area contributed by atoms with Crippen molar-refractivity contribution in [1.82, 2.24) is 9.97 Å². The molecule has 0 aliphatic heterocycles. The summed E-state index contributed by atoms with van der Waals surface area (Å²) in [6.45, 7) is 4.38. The number of pyridine rings is 2. The van der Waals surface area contributed by atoms with Gasteiger partial charge in [-0.3, -0.25) is 9.97 Å². The van der Waals surface area contributed by atoms with Gasteiger partial charge in [-0.25, -0.2) is 0 Å². The average molecular weight is 301 g/mol. The molecule has 0 bridgehead atoms. The molecule has 0 spiro atoms. The first-order valence-electron chi connectivity index (χ1n) is 7.92. The molecule has 114 valence electrons. The summed E-state index contributed by atoms with van der Waals surface area (Å²) in [5, 5.41) is 10.4. The van der Waals surface area contributed by atoms with E-state index >= 15 is 0 Å². The topological polar surface area (TPSA) is 49.6 Å². The number of hydrogen-bond donors (Lipinski definition) is 0. The Balaban J connectivity index is 2.17. The van der Waals surface area contributed by atoms with E-state index < -0.39 is 0 Å². The maximum absolute atomic E-state index is 9.43. The molecule has 2 heterocycles. The van der Waals surface area contributed by atoms with E-state index in [1.54, 1.807) is 12.4 Å². The zero-order valence-electron chi connectivity index (χ0n) is 13.5. The predicted molar refractivity (Wildman–Crippen MR) is 92.8 cm³/mol. The Morgan fingerprint density at radius 3 is 2.61 bits per heavy atom. The molecule has 0 saturated heterocycles. The van der Waals surface area contributed by atoms with Crippen LogP contribution in [0.3, 0.4) is 0 Å². The summed E-state index contributed by atoms with van der Waals surface area (Å²) >= 11 is 0. The van der Waals surface area contributed by atoms with Gasteiger partial charge >= 0.3 is 0 Å². The van der Waals surface area contributed by atoms with Gasteiger partial charge in [-0.15, -0.1) is 0 Å². The molecule has 3 nitrogen and oxygen atoms in total. The second-order valence-electron chi connectivity index (χ2n) is 6.14. The normalized spacial score (nSPS) is 10.9. The number of benzene rings is 1. The van der Waals surface area contributed by atoms with Gasteiger partial charge in [-0.2, -0.15) is 5.26 Å². The van der Waals surface area contributed by atoms with Crippen molar-refractivity contribution >= 4 is 10.9 Å². The van der Waals surface area contributed by atoms with Crippen LogP contribution < -0.4 is 0 Å². The largest absolute Gasteiger partial charge is 0.265 e. The van der Waals surface area contributed by atoms with Crippen molar-refractivity contribution in [2.24, 2.45) is 5.92 Å². The van der Waals surface area contributed by atoms with Crippen LogP contribution in [-0.4, -0.2) is 9.97 Å². The highest BCUT2D eigenvalue weighted by Crippen LogP contribution is 2.28. The molecule has 2 aromatic heterocycles. The molecule has 3 rings (SSSR count). The Labute approximate surface area is 136 Å². The van der Waals surface area contributed by atoms with E-state index in [9.17, 15) is 5.26 Å². The first-order chi connectivity index (χ1) is 11.2. The van der Waals surface area contributed by atoms with Crippen molar-refractivity contribution in [3.05, 3.63) is 60.0 Å². The Hall–Kier alpha value is -2.73. The number of hydrogen-bond acceptors (Lipinski definition) is 3. The highest BCUT2D eigenvalue weighted by atomic mass is 14.7. The number of aryl methyl sites for hydroxylation is 1. The highest BCUT2D eigenvalue weighted by Gasteiger charge is 2.11. The molecule has 0 amide bonds. The molecule has 0 radical (unpaired) electrons. The van der Waals surface area contributed by atoms with Gasteiger partial charge in [0.1, 0.15) is 6.07 Å². The lowest BCUT2D eigenvalue weighted by molar-refractivity contribution is 0.581. The molecule has 3 aromatic rings. The Morgan fingerprint density at radius 1 is 1.13 bits per heavy atom. The first kappa shape index (κ1) is 15.2. The van der Waals surface area contributed by atoms with E-state index in [0.717, 1.165) is 40.6 Å². The van der Waals surface area contributed by atoms with Gasteiger partial charge in [0.25, 0.3) is 0 Å². The van der Waals surface area contributed by atoms with Gasteiger partial charge in [0.05, 0.1) is 16.8 Å². The fourth-order valence-electron chi connectivity index (χ4n) is 2.71. The van der Waals surface area contributed by atoms with Gasteiger partial charge < -0.3 is 0 Å². The van der Waals surface area contributed by atoms with Gasteiger partial charge in [-0.1, -0.05) is 32.0 Å². The molecule has 0 aliphatic rings. The van der Waals surface area contributed by atoms with Crippen LogP contribution in [-0.2, 0) is 6.42 Å². The number of nitrogens with zero attached hydrogens (tertiary/aromatic N) is 3. The van der Waals surface area contributed by atoms with Crippen molar-refractivity contribution in [3.63, 3.8) is 0 Å². The quantitative estimate of drug-likeness (QED) is 0.698. The third kappa shape index (κ3) is 3.22. The van der Waals surface area contributed by atoms with Crippen LogP contribution in [0, 0.1) is 17.2 Å². The summed E-state index contributed by atoms with van der Waals surface area (Å²) in [5.41, 5.74) is 4.72.